The van der Waals surface area contributed by atoms with E-state index in [1.54, 1.807) is 30.3 Å². The molecule has 0 amide bonds. The van der Waals surface area contributed by atoms with Crippen molar-refractivity contribution in [1.82, 2.24) is 0 Å². The molecule has 0 atom stereocenters. The fraction of sp³-hybridized carbons (Fsp3) is 0.0833. The molecule has 0 aromatic heterocycles. The highest BCUT2D eigenvalue weighted by Crippen LogP contribution is 2.28. The second kappa shape index (κ2) is 9.03. The Kier molecular flexibility index (Phi) is 6.00. The number of hydrogen-bond donors (Lipinski definition) is 0. The van der Waals surface area contributed by atoms with Gasteiger partial charge in [-0.2, -0.15) is 0 Å². The zero-order valence-corrected chi connectivity index (χ0v) is 17.7. The molecule has 0 unspecified atom stereocenters. The average molecular weight is 449 g/mol. The van der Waals surface area contributed by atoms with Crippen LogP contribution in [0.2, 0.25) is 5.02 Å². The SMILES string of the molecule is Cc1ccccc1COc1ccc(/C=C2\N=C(c3ccc(Cl)c([N+](=O)[O-])c3)OC2=O)cc1. The summed E-state index contributed by atoms with van der Waals surface area (Å²) in [5.41, 5.74) is 3.09. The van der Waals surface area contributed by atoms with Crippen LogP contribution in [0.1, 0.15) is 22.3 Å². The van der Waals surface area contributed by atoms with E-state index in [0.29, 0.717) is 12.4 Å². The number of hydrogen-bond acceptors (Lipinski definition) is 6. The van der Waals surface area contributed by atoms with Crippen molar-refractivity contribution in [3.05, 3.63) is 110 Å². The van der Waals surface area contributed by atoms with Crippen molar-refractivity contribution < 1.29 is 19.2 Å². The Hall–Kier alpha value is -3.97. The predicted molar refractivity (Wildman–Crippen MR) is 121 cm³/mol. The van der Waals surface area contributed by atoms with Gasteiger partial charge in [-0.3, -0.25) is 10.1 Å². The molecule has 160 valence electrons. The number of nitro benzene ring substituents is 1. The van der Waals surface area contributed by atoms with E-state index in [-0.39, 0.29) is 27.9 Å². The number of carbonyl (C=O) groups excluding carboxylic acids is 1. The minimum Gasteiger partial charge on any atom is -0.489 e. The molecule has 0 saturated carbocycles. The van der Waals surface area contributed by atoms with Gasteiger partial charge >= 0.3 is 5.97 Å². The van der Waals surface area contributed by atoms with Crippen molar-refractivity contribution in [2.75, 3.05) is 0 Å². The number of cyclic esters (lactones) is 1. The third kappa shape index (κ3) is 4.68. The van der Waals surface area contributed by atoms with Crippen molar-refractivity contribution in [3.63, 3.8) is 0 Å². The number of rotatable bonds is 6. The van der Waals surface area contributed by atoms with E-state index in [0.717, 1.165) is 16.7 Å². The summed E-state index contributed by atoms with van der Waals surface area (Å²) in [6.45, 7) is 2.49. The number of esters is 1. The lowest BCUT2D eigenvalue weighted by Gasteiger charge is -2.08. The van der Waals surface area contributed by atoms with Gasteiger partial charge in [0.15, 0.2) is 5.70 Å². The molecule has 0 aliphatic carbocycles. The predicted octanol–water partition coefficient (Wildman–Crippen LogP) is 5.48. The highest BCUT2D eigenvalue weighted by molar-refractivity contribution is 6.32. The lowest BCUT2D eigenvalue weighted by Crippen LogP contribution is -2.06. The van der Waals surface area contributed by atoms with Gasteiger partial charge in [0.2, 0.25) is 5.90 Å². The van der Waals surface area contributed by atoms with Crippen LogP contribution in [0.25, 0.3) is 6.08 Å². The first-order valence-corrected chi connectivity index (χ1v) is 10.0. The molecule has 1 heterocycles. The van der Waals surface area contributed by atoms with Crippen molar-refractivity contribution in [2.45, 2.75) is 13.5 Å². The smallest absolute Gasteiger partial charge is 0.363 e. The molecular formula is C24H17ClN2O5. The molecule has 0 fully saturated rings. The van der Waals surface area contributed by atoms with Crippen LogP contribution in [-0.4, -0.2) is 16.8 Å². The number of nitrogens with zero attached hydrogens (tertiary/aromatic N) is 2. The molecule has 1 aliphatic heterocycles. The summed E-state index contributed by atoms with van der Waals surface area (Å²) >= 11 is 5.83. The normalized spacial score (nSPS) is 14.2. The molecule has 1 aliphatic rings. The third-order valence-electron chi connectivity index (χ3n) is 4.85. The maximum absolute atomic E-state index is 12.2. The Labute approximate surface area is 188 Å². The molecule has 3 aromatic rings. The Morgan fingerprint density at radius 2 is 1.88 bits per heavy atom. The van der Waals surface area contributed by atoms with Gasteiger partial charge in [-0.15, -0.1) is 0 Å². The largest absolute Gasteiger partial charge is 0.489 e. The third-order valence-corrected chi connectivity index (χ3v) is 5.17. The maximum atomic E-state index is 12.2. The average Bonchev–Trinajstić information content (AvgIpc) is 3.14. The maximum Gasteiger partial charge on any atom is 0.363 e. The first kappa shape index (κ1) is 21.3. The standard InChI is InChI=1S/C24H17ClN2O5/c1-15-4-2-3-5-18(15)14-31-19-9-6-16(7-10-19)12-21-24(28)32-23(26-21)17-8-11-20(25)22(13-17)27(29)30/h2-13H,14H2,1H3/b21-12-. The van der Waals surface area contributed by atoms with Crippen LogP contribution >= 0.6 is 11.6 Å². The summed E-state index contributed by atoms with van der Waals surface area (Å²) in [4.78, 5) is 26.9. The molecule has 0 spiro atoms. The number of ether oxygens (including phenoxy) is 2. The highest BCUT2D eigenvalue weighted by atomic mass is 35.5. The van der Waals surface area contributed by atoms with E-state index in [2.05, 4.69) is 4.99 Å². The zero-order valence-electron chi connectivity index (χ0n) is 16.9. The van der Waals surface area contributed by atoms with Crippen LogP contribution in [0.3, 0.4) is 0 Å². The van der Waals surface area contributed by atoms with Crippen LogP contribution < -0.4 is 4.74 Å². The van der Waals surface area contributed by atoms with Crippen molar-refractivity contribution in [2.24, 2.45) is 4.99 Å². The monoisotopic (exact) mass is 448 g/mol. The quantitative estimate of drug-likeness (QED) is 0.215. The Bertz CT molecular complexity index is 1270. The van der Waals surface area contributed by atoms with Crippen molar-refractivity contribution in [1.29, 1.82) is 0 Å². The Morgan fingerprint density at radius 1 is 1.12 bits per heavy atom. The van der Waals surface area contributed by atoms with E-state index < -0.39 is 10.9 Å². The molecule has 0 bridgehead atoms. The van der Waals surface area contributed by atoms with Crippen molar-refractivity contribution in [3.8, 4) is 5.75 Å². The fourth-order valence-corrected chi connectivity index (χ4v) is 3.26. The molecular weight excluding hydrogens is 432 g/mol. The molecule has 8 heteroatoms. The summed E-state index contributed by atoms with van der Waals surface area (Å²) in [6.07, 6.45) is 1.57. The second-order valence-corrected chi connectivity index (χ2v) is 7.45. The van der Waals surface area contributed by atoms with E-state index in [9.17, 15) is 14.9 Å². The number of aryl methyl sites for hydroxylation is 1. The molecule has 4 rings (SSSR count). The second-order valence-electron chi connectivity index (χ2n) is 7.04. The van der Waals surface area contributed by atoms with Crippen LogP contribution in [0.4, 0.5) is 5.69 Å². The van der Waals surface area contributed by atoms with E-state index >= 15 is 0 Å². The van der Waals surface area contributed by atoms with Gasteiger partial charge < -0.3 is 9.47 Å². The van der Waals surface area contributed by atoms with Crippen LogP contribution in [0, 0.1) is 17.0 Å². The first-order valence-electron chi connectivity index (χ1n) is 9.65. The van der Waals surface area contributed by atoms with E-state index in [1.165, 1.54) is 18.2 Å². The van der Waals surface area contributed by atoms with Gasteiger partial charge in [0, 0.05) is 11.6 Å². The van der Waals surface area contributed by atoms with Crippen LogP contribution in [0.5, 0.6) is 5.75 Å². The molecule has 0 saturated heterocycles. The molecule has 7 nitrogen and oxygen atoms in total. The van der Waals surface area contributed by atoms with Crippen molar-refractivity contribution >= 4 is 35.2 Å². The number of nitro groups is 1. The van der Waals surface area contributed by atoms with Gasteiger partial charge in [-0.25, -0.2) is 9.79 Å². The van der Waals surface area contributed by atoms with Crippen LogP contribution in [0.15, 0.2) is 77.4 Å². The molecule has 0 N–H and O–H groups in total. The molecule has 0 radical (unpaired) electrons. The van der Waals surface area contributed by atoms with Gasteiger partial charge in [-0.1, -0.05) is 48.0 Å². The topological polar surface area (TPSA) is 91.0 Å². The number of benzene rings is 3. The van der Waals surface area contributed by atoms with Gasteiger partial charge in [0.1, 0.15) is 17.4 Å². The number of halogens is 1. The summed E-state index contributed by atoms with van der Waals surface area (Å²) in [5, 5.41) is 11.1. The van der Waals surface area contributed by atoms with E-state index in [4.69, 9.17) is 21.1 Å². The summed E-state index contributed by atoms with van der Waals surface area (Å²) in [5.74, 6) is 0.0405. The zero-order chi connectivity index (χ0) is 22.7. The minimum absolute atomic E-state index is 0.0100. The van der Waals surface area contributed by atoms with Gasteiger partial charge in [0.05, 0.1) is 4.92 Å². The number of carbonyl (C=O) groups is 1. The van der Waals surface area contributed by atoms with Gasteiger partial charge in [0.25, 0.3) is 5.69 Å². The molecule has 32 heavy (non-hydrogen) atoms. The van der Waals surface area contributed by atoms with Gasteiger partial charge in [-0.05, 0) is 54.0 Å². The lowest BCUT2D eigenvalue weighted by molar-refractivity contribution is -0.384. The van der Waals surface area contributed by atoms with E-state index in [1.807, 2.05) is 31.2 Å². The lowest BCUT2D eigenvalue weighted by atomic mass is 10.1. The summed E-state index contributed by atoms with van der Waals surface area (Å²) in [7, 11) is 0. The number of aliphatic imine (C=N–C) groups is 1. The minimum atomic E-state index is -0.641. The first-order chi connectivity index (χ1) is 15.4. The summed E-state index contributed by atoms with van der Waals surface area (Å²) in [6, 6.07) is 19.3. The fourth-order valence-electron chi connectivity index (χ4n) is 3.07. The Balaban J connectivity index is 1.49. The Morgan fingerprint density at radius 3 is 2.59 bits per heavy atom. The summed E-state index contributed by atoms with van der Waals surface area (Å²) < 4.78 is 11.0. The highest BCUT2D eigenvalue weighted by Gasteiger charge is 2.26. The van der Waals surface area contributed by atoms with Crippen LogP contribution in [-0.2, 0) is 16.1 Å². The molecule has 3 aromatic carbocycles.